The Morgan fingerprint density at radius 1 is 1.15 bits per heavy atom. The quantitative estimate of drug-likeness (QED) is 0.496. The van der Waals surface area contributed by atoms with Gasteiger partial charge in [0.2, 0.25) is 0 Å². The number of aliphatic hydroxyl groups excluding tert-OH is 1. The van der Waals surface area contributed by atoms with Crippen molar-refractivity contribution in [3.63, 3.8) is 0 Å². The summed E-state index contributed by atoms with van der Waals surface area (Å²) in [4.78, 5) is 31.3. The van der Waals surface area contributed by atoms with Crippen molar-refractivity contribution in [1.82, 2.24) is 9.88 Å². The van der Waals surface area contributed by atoms with Crippen molar-refractivity contribution in [3.8, 4) is 0 Å². The number of aryl methyl sites for hydroxylation is 2. The molecule has 0 spiro atoms. The van der Waals surface area contributed by atoms with Crippen molar-refractivity contribution >= 4 is 17.4 Å². The first kappa shape index (κ1) is 18.8. The minimum Gasteiger partial charge on any atom is -0.507 e. The summed E-state index contributed by atoms with van der Waals surface area (Å²) in [5, 5.41) is 11.0. The van der Waals surface area contributed by atoms with E-state index in [1.807, 2.05) is 39.0 Å². The van der Waals surface area contributed by atoms with E-state index in [2.05, 4.69) is 4.98 Å². The Bertz CT molecular complexity index is 903. The lowest BCUT2D eigenvalue weighted by Gasteiger charge is -2.24. The molecule has 5 heteroatoms. The van der Waals surface area contributed by atoms with Crippen LogP contribution in [-0.2, 0) is 9.59 Å². The molecule has 1 saturated heterocycles. The second kappa shape index (κ2) is 7.74. The van der Waals surface area contributed by atoms with Gasteiger partial charge in [-0.25, -0.2) is 0 Å². The minimum atomic E-state index is -0.667. The van der Waals surface area contributed by atoms with Gasteiger partial charge < -0.3 is 10.0 Å². The molecule has 1 aromatic heterocycles. The summed E-state index contributed by atoms with van der Waals surface area (Å²) in [6.07, 6.45) is 3.31. The first-order valence-corrected chi connectivity index (χ1v) is 9.22. The maximum absolute atomic E-state index is 12.8. The number of ketones is 1. The summed E-state index contributed by atoms with van der Waals surface area (Å²) in [5.41, 5.74) is 3.33. The summed E-state index contributed by atoms with van der Waals surface area (Å²) in [5.74, 6) is -1.38. The van der Waals surface area contributed by atoms with Crippen molar-refractivity contribution < 1.29 is 14.7 Å². The molecule has 1 unspecified atom stereocenters. The van der Waals surface area contributed by atoms with Crippen LogP contribution in [0, 0.1) is 13.8 Å². The van der Waals surface area contributed by atoms with Crippen LogP contribution in [0.1, 0.15) is 48.2 Å². The molecule has 2 aromatic rings. The van der Waals surface area contributed by atoms with Gasteiger partial charge >= 0.3 is 0 Å². The van der Waals surface area contributed by atoms with Gasteiger partial charge in [-0.2, -0.15) is 0 Å². The van der Waals surface area contributed by atoms with Gasteiger partial charge in [-0.05, 0) is 49.6 Å². The van der Waals surface area contributed by atoms with Crippen molar-refractivity contribution in [2.75, 3.05) is 6.54 Å². The van der Waals surface area contributed by atoms with Gasteiger partial charge in [0.25, 0.3) is 11.7 Å². The molecule has 0 bridgehead atoms. The average Bonchev–Trinajstić information content (AvgIpc) is 2.93. The van der Waals surface area contributed by atoms with Crippen LogP contribution in [0.3, 0.4) is 0 Å². The summed E-state index contributed by atoms with van der Waals surface area (Å²) < 4.78 is 0. The van der Waals surface area contributed by atoms with E-state index in [0.29, 0.717) is 17.8 Å². The molecule has 0 aliphatic carbocycles. The molecule has 0 radical (unpaired) electrons. The first-order chi connectivity index (χ1) is 13.0. The highest BCUT2D eigenvalue weighted by molar-refractivity contribution is 6.46. The Morgan fingerprint density at radius 2 is 1.93 bits per heavy atom. The number of unbranched alkanes of at least 4 members (excludes halogenated alkanes) is 1. The Labute approximate surface area is 159 Å². The topological polar surface area (TPSA) is 70.5 Å². The molecule has 27 heavy (non-hydrogen) atoms. The zero-order valence-corrected chi connectivity index (χ0v) is 15.9. The van der Waals surface area contributed by atoms with Crippen molar-refractivity contribution in [2.45, 2.75) is 39.7 Å². The van der Waals surface area contributed by atoms with Gasteiger partial charge in [0, 0.05) is 18.3 Å². The third-order valence-electron chi connectivity index (χ3n) is 5.04. The van der Waals surface area contributed by atoms with Gasteiger partial charge in [-0.3, -0.25) is 14.6 Å². The zero-order valence-electron chi connectivity index (χ0n) is 15.9. The molecule has 1 amide bonds. The zero-order chi connectivity index (χ0) is 19.6. The Morgan fingerprint density at radius 3 is 2.56 bits per heavy atom. The predicted octanol–water partition coefficient (Wildman–Crippen LogP) is 3.92. The van der Waals surface area contributed by atoms with Gasteiger partial charge in [0.15, 0.2) is 0 Å². The van der Waals surface area contributed by atoms with E-state index in [-0.39, 0.29) is 11.3 Å². The van der Waals surface area contributed by atoms with Crippen LogP contribution in [0.25, 0.3) is 5.76 Å². The number of benzene rings is 1. The van der Waals surface area contributed by atoms with E-state index in [1.165, 1.54) is 4.90 Å². The molecular weight excluding hydrogens is 340 g/mol. The molecule has 2 heterocycles. The highest BCUT2D eigenvalue weighted by Gasteiger charge is 2.46. The van der Waals surface area contributed by atoms with Gasteiger partial charge in [-0.1, -0.05) is 31.5 Å². The van der Waals surface area contributed by atoms with Crippen LogP contribution < -0.4 is 0 Å². The lowest BCUT2D eigenvalue weighted by molar-refractivity contribution is -0.140. The first-order valence-electron chi connectivity index (χ1n) is 9.22. The molecule has 1 aromatic carbocycles. The normalized spacial score (nSPS) is 18.9. The van der Waals surface area contributed by atoms with Gasteiger partial charge in [0.1, 0.15) is 11.8 Å². The lowest BCUT2D eigenvalue weighted by Crippen LogP contribution is -2.31. The summed E-state index contributed by atoms with van der Waals surface area (Å²) in [7, 11) is 0. The number of hydrogen-bond acceptors (Lipinski definition) is 4. The number of amides is 1. The number of pyridine rings is 1. The Hall–Kier alpha value is -2.95. The molecule has 5 nitrogen and oxygen atoms in total. The van der Waals surface area contributed by atoms with E-state index in [4.69, 9.17) is 0 Å². The number of carbonyl (C=O) groups is 2. The van der Waals surface area contributed by atoms with Crippen LogP contribution in [0.2, 0.25) is 0 Å². The highest BCUT2D eigenvalue weighted by Crippen LogP contribution is 2.38. The van der Waals surface area contributed by atoms with E-state index >= 15 is 0 Å². The number of aliphatic hydroxyl groups is 1. The van der Waals surface area contributed by atoms with Crippen LogP contribution in [0.5, 0.6) is 0 Å². The summed E-state index contributed by atoms with van der Waals surface area (Å²) >= 11 is 0. The predicted molar refractivity (Wildman–Crippen MR) is 104 cm³/mol. The van der Waals surface area contributed by atoms with E-state index < -0.39 is 17.7 Å². The maximum atomic E-state index is 12.8. The van der Waals surface area contributed by atoms with E-state index in [9.17, 15) is 14.7 Å². The summed E-state index contributed by atoms with van der Waals surface area (Å²) in [6.45, 7) is 6.41. The number of rotatable bonds is 5. The van der Waals surface area contributed by atoms with Crippen LogP contribution in [0.15, 0.2) is 48.2 Å². The van der Waals surface area contributed by atoms with Crippen molar-refractivity contribution in [1.29, 1.82) is 0 Å². The molecule has 1 aliphatic heterocycles. The number of hydrogen-bond donors (Lipinski definition) is 1. The molecule has 0 saturated carbocycles. The SMILES string of the molecule is CCCCN1C(=O)C(=O)/C(=C(\O)c2ccc(C)c(C)c2)C1c1ccccn1. The number of carbonyl (C=O) groups excluding carboxylic acids is 2. The third kappa shape index (κ3) is 3.50. The minimum absolute atomic E-state index is 0.109. The van der Waals surface area contributed by atoms with Crippen molar-refractivity contribution in [3.05, 3.63) is 70.6 Å². The van der Waals surface area contributed by atoms with Crippen LogP contribution in [0.4, 0.5) is 0 Å². The number of Topliss-reactive ketones (excluding diaryl/α,β-unsaturated/α-hetero) is 1. The van der Waals surface area contributed by atoms with Crippen molar-refractivity contribution in [2.24, 2.45) is 0 Å². The fourth-order valence-corrected chi connectivity index (χ4v) is 3.33. The molecule has 1 atom stereocenters. The molecule has 3 rings (SSSR count). The van der Waals surface area contributed by atoms with Gasteiger partial charge in [0.05, 0.1) is 11.3 Å². The largest absolute Gasteiger partial charge is 0.507 e. The second-order valence-corrected chi connectivity index (χ2v) is 6.90. The second-order valence-electron chi connectivity index (χ2n) is 6.90. The Balaban J connectivity index is 2.16. The highest BCUT2D eigenvalue weighted by atomic mass is 16.3. The van der Waals surface area contributed by atoms with E-state index in [0.717, 1.165) is 24.0 Å². The monoisotopic (exact) mass is 364 g/mol. The molecule has 1 N–H and O–H groups in total. The standard InChI is InChI=1S/C22H24N2O3/c1-4-5-12-24-19(17-8-6-7-11-23-17)18(21(26)22(24)27)20(25)16-10-9-14(2)15(3)13-16/h6-11,13,19,25H,4-5,12H2,1-3H3/b20-18-. The van der Waals surface area contributed by atoms with Crippen LogP contribution in [-0.4, -0.2) is 33.2 Å². The number of likely N-dealkylation sites (tertiary alicyclic amines) is 1. The average molecular weight is 364 g/mol. The summed E-state index contributed by atoms with van der Waals surface area (Å²) in [6, 6.07) is 10.2. The number of aromatic nitrogens is 1. The number of nitrogens with zero attached hydrogens (tertiary/aromatic N) is 2. The smallest absolute Gasteiger partial charge is 0.295 e. The maximum Gasteiger partial charge on any atom is 0.295 e. The Kier molecular flexibility index (Phi) is 5.40. The molecule has 140 valence electrons. The third-order valence-corrected chi connectivity index (χ3v) is 5.04. The van der Waals surface area contributed by atoms with Gasteiger partial charge in [-0.15, -0.1) is 0 Å². The fraction of sp³-hybridized carbons (Fsp3) is 0.318. The molecular formula is C22H24N2O3. The van der Waals surface area contributed by atoms with Crippen LogP contribution >= 0.6 is 0 Å². The fourth-order valence-electron chi connectivity index (χ4n) is 3.33. The van der Waals surface area contributed by atoms with E-state index in [1.54, 1.807) is 24.4 Å². The lowest BCUT2D eigenvalue weighted by atomic mass is 9.96. The molecule has 1 fully saturated rings. The molecule has 1 aliphatic rings.